The molecule has 1 saturated heterocycles. The fourth-order valence-electron chi connectivity index (χ4n) is 10.6. The Balaban J connectivity index is 0.916. The van der Waals surface area contributed by atoms with E-state index in [2.05, 4.69) is 24.0 Å². The number of allylic oxidation sites excluding steroid dienone is 4. The molecule has 2 saturated carbocycles. The Bertz CT molecular complexity index is 2050. The Kier molecular flexibility index (Phi) is 11.8. The van der Waals surface area contributed by atoms with Gasteiger partial charge < -0.3 is 14.9 Å². The SMILES string of the molecule is CCCC1=C2C(CCCCCC(=O)N3CCN(C(=O)c4cc(Cc5n[nH]c(=O)c6ccccc56)ccc4F)CC3)CC3(C)C(O)CCC3C2CC/C1=C/C=O. The zero-order valence-corrected chi connectivity index (χ0v) is 32.3. The molecule has 0 bridgehead atoms. The number of unbranched alkanes of at least 4 members (excludes halogenated alkanes) is 2. The zero-order chi connectivity index (χ0) is 38.7. The summed E-state index contributed by atoms with van der Waals surface area (Å²) in [6, 6.07) is 11.7. The molecule has 2 aromatic carbocycles. The molecule has 10 heteroatoms. The van der Waals surface area contributed by atoms with Crippen molar-refractivity contribution in [1.82, 2.24) is 20.0 Å². The fraction of sp³-hybridized carbons (Fsp3) is 0.533. The third-order valence-electron chi connectivity index (χ3n) is 13.4. The van der Waals surface area contributed by atoms with Crippen molar-refractivity contribution in [1.29, 1.82) is 0 Å². The normalized spacial score (nSPS) is 26.0. The lowest BCUT2D eigenvalue weighted by molar-refractivity contribution is -0.132. The summed E-state index contributed by atoms with van der Waals surface area (Å²) in [5.74, 6) is 0.477. The molecule has 2 heterocycles. The molecule has 1 aromatic heterocycles. The van der Waals surface area contributed by atoms with Crippen LogP contribution in [0.5, 0.6) is 0 Å². The van der Waals surface area contributed by atoms with Gasteiger partial charge in [-0.3, -0.25) is 19.2 Å². The molecule has 0 radical (unpaired) electrons. The summed E-state index contributed by atoms with van der Waals surface area (Å²) in [7, 11) is 0. The maximum absolute atomic E-state index is 15.0. The van der Waals surface area contributed by atoms with E-state index in [1.807, 2.05) is 17.0 Å². The highest BCUT2D eigenvalue weighted by molar-refractivity contribution is 5.95. The van der Waals surface area contributed by atoms with Crippen molar-refractivity contribution in [2.75, 3.05) is 26.2 Å². The standard InChI is InChI=1S/C45H55FN4O5/c1-3-9-32-30(20-25-51)15-16-35-37-17-19-40(52)45(37,2)28-31(42(32)35)10-5-4-6-13-41(53)49-21-23-50(24-22-49)44(55)36-26-29(14-18-38(36)46)27-39-33-11-7-8-12-34(33)43(54)48-47-39/h7-8,11-12,14,18,20,25-26,31,35,37,40,52H,3-6,9-10,13,15-17,19,21-24,27-28H2,1-2H3,(H,48,54)/b30-20-. The van der Waals surface area contributed by atoms with E-state index in [0.29, 0.717) is 78.8 Å². The zero-order valence-electron chi connectivity index (χ0n) is 32.3. The number of nitrogens with zero attached hydrogens (tertiary/aromatic N) is 3. The number of aliphatic hydroxyl groups is 1. The molecule has 292 valence electrons. The summed E-state index contributed by atoms with van der Waals surface area (Å²) < 4.78 is 15.0. The molecule has 3 fully saturated rings. The highest BCUT2D eigenvalue weighted by atomic mass is 19.1. The third kappa shape index (κ3) is 7.84. The first-order valence-corrected chi connectivity index (χ1v) is 20.5. The molecule has 7 rings (SSSR count). The van der Waals surface area contributed by atoms with E-state index < -0.39 is 11.7 Å². The summed E-state index contributed by atoms with van der Waals surface area (Å²) in [5.41, 5.74) is 5.20. The highest BCUT2D eigenvalue weighted by Gasteiger charge is 2.55. The summed E-state index contributed by atoms with van der Waals surface area (Å²) in [6.07, 6.45) is 14.0. The number of H-pyrrole nitrogens is 1. The lowest BCUT2D eigenvalue weighted by Gasteiger charge is -2.51. The highest BCUT2D eigenvalue weighted by Crippen LogP contribution is 2.62. The van der Waals surface area contributed by atoms with Gasteiger partial charge in [-0.2, -0.15) is 5.10 Å². The lowest BCUT2D eigenvalue weighted by Crippen LogP contribution is -2.50. The summed E-state index contributed by atoms with van der Waals surface area (Å²) in [5, 5.41) is 19.1. The Morgan fingerprint density at radius 1 is 1.02 bits per heavy atom. The van der Waals surface area contributed by atoms with Gasteiger partial charge in [0.15, 0.2) is 0 Å². The molecular formula is C45H55FN4O5. The molecule has 5 atom stereocenters. The third-order valence-corrected chi connectivity index (χ3v) is 13.4. The van der Waals surface area contributed by atoms with Crippen molar-refractivity contribution in [3.05, 3.63) is 98.3 Å². The van der Waals surface area contributed by atoms with Crippen LogP contribution in [-0.2, 0) is 16.0 Å². The van der Waals surface area contributed by atoms with Gasteiger partial charge in [-0.05, 0) is 116 Å². The van der Waals surface area contributed by atoms with E-state index in [1.54, 1.807) is 40.8 Å². The minimum atomic E-state index is -0.595. The van der Waals surface area contributed by atoms with Gasteiger partial charge in [0.05, 0.1) is 22.7 Å². The molecule has 2 N–H and O–H groups in total. The van der Waals surface area contributed by atoms with Crippen molar-refractivity contribution in [3.8, 4) is 0 Å². The van der Waals surface area contributed by atoms with Crippen LogP contribution in [0.4, 0.5) is 4.39 Å². The predicted octanol–water partition coefficient (Wildman–Crippen LogP) is 7.32. The topological polar surface area (TPSA) is 124 Å². The maximum Gasteiger partial charge on any atom is 0.272 e. The van der Waals surface area contributed by atoms with Crippen LogP contribution in [0.25, 0.3) is 10.8 Å². The van der Waals surface area contributed by atoms with Gasteiger partial charge in [0, 0.05) is 44.4 Å². The molecule has 4 aliphatic rings. The Morgan fingerprint density at radius 2 is 1.78 bits per heavy atom. The second kappa shape index (κ2) is 16.7. The number of benzene rings is 2. The van der Waals surface area contributed by atoms with Crippen LogP contribution in [0.3, 0.4) is 0 Å². The number of aldehydes is 1. The van der Waals surface area contributed by atoms with Crippen LogP contribution in [0.1, 0.15) is 113 Å². The van der Waals surface area contributed by atoms with Gasteiger partial charge >= 0.3 is 0 Å². The number of amides is 2. The number of aromatic amines is 1. The smallest absolute Gasteiger partial charge is 0.272 e. The molecule has 3 aliphatic carbocycles. The summed E-state index contributed by atoms with van der Waals surface area (Å²) in [6.45, 7) is 6.02. The van der Waals surface area contributed by atoms with Gasteiger partial charge in [0.1, 0.15) is 12.1 Å². The summed E-state index contributed by atoms with van der Waals surface area (Å²) >= 11 is 0. The van der Waals surface area contributed by atoms with E-state index in [4.69, 9.17) is 0 Å². The molecule has 1 aliphatic heterocycles. The van der Waals surface area contributed by atoms with Crippen LogP contribution in [0.2, 0.25) is 0 Å². The number of rotatable bonds is 12. The second-order valence-corrected chi connectivity index (χ2v) is 16.6. The van der Waals surface area contributed by atoms with E-state index >= 15 is 4.39 Å². The van der Waals surface area contributed by atoms with E-state index in [0.717, 1.165) is 76.9 Å². The maximum atomic E-state index is 15.0. The van der Waals surface area contributed by atoms with Crippen LogP contribution in [0, 0.1) is 29.0 Å². The van der Waals surface area contributed by atoms with Gasteiger partial charge in [0.25, 0.3) is 11.5 Å². The first-order valence-electron chi connectivity index (χ1n) is 20.5. The van der Waals surface area contributed by atoms with Crippen molar-refractivity contribution >= 4 is 28.9 Å². The van der Waals surface area contributed by atoms with E-state index in [9.17, 15) is 24.3 Å². The monoisotopic (exact) mass is 750 g/mol. The molecule has 0 spiro atoms. The predicted molar refractivity (Wildman–Crippen MR) is 211 cm³/mol. The number of carbonyl (C=O) groups excluding carboxylic acids is 3. The van der Waals surface area contributed by atoms with Crippen molar-refractivity contribution in [3.63, 3.8) is 0 Å². The number of aromatic nitrogens is 2. The number of nitrogens with one attached hydrogen (secondary N) is 1. The first kappa shape index (κ1) is 38.8. The molecule has 5 unspecified atom stereocenters. The van der Waals surface area contributed by atoms with Crippen LogP contribution >= 0.6 is 0 Å². The van der Waals surface area contributed by atoms with Crippen molar-refractivity contribution in [2.24, 2.45) is 23.2 Å². The number of fused-ring (bicyclic) bond motifs is 4. The van der Waals surface area contributed by atoms with Gasteiger partial charge in [-0.25, -0.2) is 9.49 Å². The molecular weight excluding hydrogens is 696 g/mol. The van der Waals surface area contributed by atoms with Crippen LogP contribution in [0.15, 0.2) is 70.1 Å². The Labute approximate surface area is 323 Å². The van der Waals surface area contributed by atoms with Crippen LogP contribution in [-0.4, -0.2) is 75.5 Å². The van der Waals surface area contributed by atoms with E-state index in [-0.39, 0.29) is 28.5 Å². The number of hydrogen-bond donors (Lipinski definition) is 2. The van der Waals surface area contributed by atoms with Gasteiger partial charge in [0.2, 0.25) is 5.91 Å². The Morgan fingerprint density at radius 3 is 2.55 bits per heavy atom. The Hall–Kier alpha value is -4.44. The average Bonchev–Trinajstić information content (AvgIpc) is 3.50. The largest absolute Gasteiger partial charge is 0.393 e. The molecule has 55 heavy (non-hydrogen) atoms. The number of aliphatic hydroxyl groups excluding tert-OH is 1. The molecule has 2 amide bonds. The molecule has 3 aromatic rings. The fourth-order valence-corrected chi connectivity index (χ4v) is 10.6. The lowest BCUT2D eigenvalue weighted by atomic mass is 9.54. The summed E-state index contributed by atoms with van der Waals surface area (Å²) in [4.78, 5) is 54.0. The number of hydrogen-bond acceptors (Lipinski definition) is 6. The average molecular weight is 751 g/mol. The number of piperazine rings is 1. The van der Waals surface area contributed by atoms with Crippen molar-refractivity contribution < 1.29 is 23.9 Å². The number of carbonyl (C=O) groups is 3. The van der Waals surface area contributed by atoms with Gasteiger partial charge in [-0.15, -0.1) is 0 Å². The minimum absolute atomic E-state index is 0.0102. The number of halogens is 1. The van der Waals surface area contributed by atoms with E-state index in [1.165, 1.54) is 17.2 Å². The first-order chi connectivity index (χ1) is 26.6. The van der Waals surface area contributed by atoms with Gasteiger partial charge in [-0.1, -0.05) is 62.9 Å². The molecule has 9 nitrogen and oxygen atoms in total. The van der Waals surface area contributed by atoms with Crippen molar-refractivity contribution in [2.45, 2.75) is 103 Å². The van der Waals surface area contributed by atoms with Crippen LogP contribution < -0.4 is 5.56 Å². The minimum Gasteiger partial charge on any atom is -0.393 e. The quantitative estimate of drug-likeness (QED) is 0.114. The second-order valence-electron chi connectivity index (χ2n) is 16.6.